The largest absolute Gasteiger partial charge is 0.370 e. The number of guanidine groups is 1. The first-order valence-corrected chi connectivity index (χ1v) is 6.55. The molecule has 0 saturated carbocycles. The second-order valence-corrected chi connectivity index (χ2v) is 5.63. The van der Waals surface area contributed by atoms with E-state index >= 15 is 0 Å². The van der Waals surface area contributed by atoms with Crippen molar-refractivity contribution in [3.63, 3.8) is 0 Å². The van der Waals surface area contributed by atoms with Crippen molar-refractivity contribution in [2.24, 2.45) is 16.1 Å². The molecule has 0 heterocycles. The molecule has 0 amide bonds. The topological polar surface area (TPSA) is 50.4 Å². The van der Waals surface area contributed by atoms with Gasteiger partial charge in [0.25, 0.3) is 0 Å². The number of aliphatic imine (C=N–C) groups is 1. The van der Waals surface area contributed by atoms with Gasteiger partial charge in [0.1, 0.15) is 0 Å². The standard InChI is InChI=1S/C14H29N3/c1-6-7-8-9-14(4,5)11-17-13(15)16-10-12(2)3/h2,6-11H2,1,3-5H3,(H3,15,16,17). The molecule has 0 aromatic rings. The van der Waals surface area contributed by atoms with Crippen LogP contribution >= 0.6 is 0 Å². The van der Waals surface area contributed by atoms with Gasteiger partial charge in [0.15, 0.2) is 5.96 Å². The van der Waals surface area contributed by atoms with Gasteiger partial charge in [0, 0.05) is 13.1 Å². The molecule has 0 fully saturated rings. The third kappa shape index (κ3) is 9.91. The van der Waals surface area contributed by atoms with Crippen LogP contribution in [0.1, 0.15) is 53.4 Å². The lowest BCUT2D eigenvalue weighted by Gasteiger charge is -2.22. The minimum atomic E-state index is 0.241. The number of hydrogen-bond donors (Lipinski definition) is 2. The van der Waals surface area contributed by atoms with Crippen LogP contribution in [-0.2, 0) is 0 Å². The molecule has 0 aliphatic heterocycles. The van der Waals surface area contributed by atoms with Crippen LogP contribution in [0.5, 0.6) is 0 Å². The zero-order valence-corrected chi connectivity index (χ0v) is 12.0. The van der Waals surface area contributed by atoms with E-state index in [9.17, 15) is 0 Å². The molecule has 0 rings (SSSR count). The molecular formula is C14H29N3. The number of hydrogen-bond acceptors (Lipinski definition) is 1. The van der Waals surface area contributed by atoms with Gasteiger partial charge in [-0.05, 0) is 18.8 Å². The second kappa shape index (κ2) is 8.15. The minimum absolute atomic E-state index is 0.241. The Bertz CT molecular complexity index is 254. The lowest BCUT2D eigenvalue weighted by molar-refractivity contribution is 0.333. The summed E-state index contributed by atoms with van der Waals surface area (Å²) in [4.78, 5) is 4.39. The Morgan fingerprint density at radius 2 is 2.00 bits per heavy atom. The third-order valence-corrected chi connectivity index (χ3v) is 2.71. The summed E-state index contributed by atoms with van der Waals surface area (Å²) in [5, 5.41) is 3.05. The van der Waals surface area contributed by atoms with Gasteiger partial charge in [-0.2, -0.15) is 0 Å². The maximum Gasteiger partial charge on any atom is 0.188 e. The van der Waals surface area contributed by atoms with E-state index in [4.69, 9.17) is 5.73 Å². The molecule has 0 spiro atoms. The number of nitrogens with two attached hydrogens (primary N) is 1. The van der Waals surface area contributed by atoms with Crippen molar-refractivity contribution in [1.82, 2.24) is 5.32 Å². The molecule has 3 N–H and O–H groups in total. The summed E-state index contributed by atoms with van der Waals surface area (Å²) in [5.74, 6) is 0.525. The van der Waals surface area contributed by atoms with E-state index in [1.165, 1.54) is 25.7 Å². The molecule has 0 aromatic heterocycles. The van der Waals surface area contributed by atoms with E-state index in [1.54, 1.807) is 0 Å². The maximum absolute atomic E-state index is 5.78. The summed E-state index contributed by atoms with van der Waals surface area (Å²) in [6, 6.07) is 0. The first-order valence-electron chi connectivity index (χ1n) is 6.55. The Hall–Kier alpha value is -0.990. The van der Waals surface area contributed by atoms with Crippen LogP contribution < -0.4 is 11.1 Å². The fourth-order valence-electron chi connectivity index (χ4n) is 1.53. The zero-order valence-electron chi connectivity index (χ0n) is 12.0. The van der Waals surface area contributed by atoms with E-state index in [0.29, 0.717) is 12.5 Å². The molecule has 3 nitrogen and oxygen atoms in total. The Morgan fingerprint density at radius 1 is 1.35 bits per heavy atom. The highest BCUT2D eigenvalue weighted by atomic mass is 15.1. The summed E-state index contributed by atoms with van der Waals surface area (Å²) < 4.78 is 0. The zero-order chi connectivity index (χ0) is 13.3. The first kappa shape index (κ1) is 16.0. The van der Waals surface area contributed by atoms with Gasteiger partial charge < -0.3 is 11.1 Å². The summed E-state index contributed by atoms with van der Waals surface area (Å²) >= 11 is 0. The molecular weight excluding hydrogens is 210 g/mol. The van der Waals surface area contributed by atoms with Gasteiger partial charge >= 0.3 is 0 Å². The van der Waals surface area contributed by atoms with Gasteiger partial charge in [-0.15, -0.1) is 0 Å². The molecule has 0 aromatic carbocycles. The lowest BCUT2D eigenvalue weighted by atomic mass is 9.87. The van der Waals surface area contributed by atoms with Gasteiger partial charge in [-0.25, -0.2) is 0 Å². The van der Waals surface area contributed by atoms with Gasteiger partial charge in [0.05, 0.1) is 0 Å². The molecule has 0 aliphatic carbocycles. The lowest BCUT2D eigenvalue weighted by Crippen LogP contribution is -2.34. The predicted molar refractivity (Wildman–Crippen MR) is 77.2 cm³/mol. The van der Waals surface area contributed by atoms with E-state index in [1.807, 2.05) is 6.92 Å². The van der Waals surface area contributed by atoms with E-state index < -0.39 is 0 Å². The smallest absolute Gasteiger partial charge is 0.188 e. The maximum atomic E-state index is 5.78. The van der Waals surface area contributed by atoms with Crippen molar-refractivity contribution >= 4 is 5.96 Å². The van der Waals surface area contributed by atoms with Gasteiger partial charge in [-0.1, -0.05) is 52.2 Å². The number of rotatable bonds is 8. The van der Waals surface area contributed by atoms with Crippen LogP contribution in [0.3, 0.4) is 0 Å². The highest BCUT2D eigenvalue weighted by Gasteiger charge is 2.16. The first-order chi connectivity index (χ1) is 7.87. The predicted octanol–water partition coefficient (Wildman–Crippen LogP) is 3.07. The molecule has 100 valence electrons. The van der Waals surface area contributed by atoms with Crippen LogP contribution in [0.2, 0.25) is 0 Å². The SMILES string of the molecule is C=C(C)CNC(N)=NCC(C)(C)CCCCC. The molecule has 3 heteroatoms. The van der Waals surface area contributed by atoms with E-state index in [-0.39, 0.29) is 5.41 Å². The van der Waals surface area contributed by atoms with Crippen LogP contribution in [0.25, 0.3) is 0 Å². The Labute approximate surface area is 107 Å². The summed E-state index contributed by atoms with van der Waals surface area (Å²) in [5.41, 5.74) is 7.08. The number of unbranched alkanes of at least 4 members (excludes halogenated alkanes) is 2. The molecule has 0 saturated heterocycles. The van der Waals surface area contributed by atoms with Crippen molar-refractivity contribution < 1.29 is 0 Å². The van der Waals surface area contributed by atoms with Crippen molar-refractivity contribution in [3.05, 3.63) is 12.2 Å². The van der Waals surface area contributed by atoms with Crippen molar-refractivity contribution in [1.29, 1.82) is 0 Å². The van der Waals surface area contributed by atoms with Crippen molar-refractivity contribution in [2.75, 3.05) is 13.1 Å². The normalized spacial score (nSPS) is 12.6. The van der Waals surface area contributed by atoms with Gasteiger partial charge in [-0.3, -0.25) is 4.99 Å². The Kier molecular flexibility index (Phi) is 7.68. The second-order valence-electron chi connectivity index (χ2n) is 5.63. The summed E-state index contributed by atoms with van der Waals surface area (Å²) in [6.07, 6.45) is 5.05. The fourth-order valence-corrected chi connectivity index (χ4v) is 1.53. The van der Waals surface area contributed by atoms with Crippen LogP contribution in [0.4, 0.5) is 0 Å². The molecule has 0 aliphatic rings. The molecule has 0 unspecified atom stereocenters. The Balaban J connectivity index is 3.95. The molecule has 0 atom stereocenters. The van der Waals surface area contributed by atoms with Crippen molar-refractivity contribution in [3.8, 4) is 0 Å². The third-order valence-electron chi connectivity index (χ3n) is 2.71. The average Bonchev–Trinajstić information content (AvgIpc) is 2.24. The van der Waals surface area contributed by atoms with Crippen LogP contribution in [-0.4, -0.2) is 19.0 Å². The molecule has 0 bridgehead atoms. The van der Waals surface area contributed by atoms with Crippen molar-refractivity contribution in [2.45, 2.75) is 53.4 Å². The summed E-state index contributed by atoms with van der Waals surface area (Å²) in [6.45, 7) is 14.0. The fraction of sp³-hybridized carbons (Fsp3) is 0.786. The van der Waals surface area contributed by atoms with Gasteiger partial charge in [0.2, 0.25) is 0 Å². The highest BCUT2D eigenvalue weighted by molar-refractivity contribution is 5.78. The number of nitrogens with one attached hydrogen (secondary N) is 1. The van der Waals surface area contributed by atoms with E-state index in [2.05, 4.69) is 37.7 Å². The quantitative estimate of drug-likeness (QED) is 0.296. The van der Waals surface area contributed by atoms with Crippen LogP contribution in [0, 0.1) is 5.41 Å². The molecule has 17 heavy (non-hydrogen) atoms. The highest BCUT2D eigenvalue weighted by Crippen LogP contribution is 2.23. The summed E-state index contributed by atoms with van der Waals surface area (Å²) in [7, 11) is 0. The minimum Gasteiger partial charge on any atom is -0.370 e. The van der Waals surface area contributed by atoms with Crippen LogP contribution in [0.15, 0.2) is 17.1 Å². The molecule has 0 radical (unpaired) electrons. The average molecular weight is 239 g/mol. The van der Waals surface area contributed by atoms with E-state index in [0.717, 1.165) is 12.1 Å². The Morgan fingerprint density at radius 3 is 2.53 bits per heavy atom. The number of nitrogens with zero attached hydrogens (tertiary/aromatic N) is 1. The monoisotopic (exact) mass is 239 g/mol.